The number of hydrogen-bond donors (Lipinski definition) is 3. The molecule has 0 radical (unpaired) electrons. The fourth-order valence-electron chi connectivity index (χ4n) is 1.32. The minimum atomic E-state index is -1.19. The smallest absolute Gasteiger partial charge is 0.405 e. The Hall–Kier alpha value is -1.26. The minimum Gasteiger partial charge on any atom is -0.465 e. The quantitative estimate of drug-likeness (QED) is 0.743. The van der Waals surface area contributed by atoms with Gasteiger partial charge >= 0.3 is 6.09 Å². The van der Waals surface area contributed by atoms with Crippen molar-refractivity contribution in [3.8, 4) is 0 Å². The van der Waals surface area contributed by atoms with Crippen molar-refractivity contribution in [2.45, 2.75) is 19.1 Å². The molecule has 0 saturated heterocycles. The number of carboxylic acid groups (broad SMARTS) is 1. The standard InChI is InChI=1S/C10H12ClNO3/c1-6(13)9(12-10(14)15)7-4-2-3-5-8(7)11/h2-6,9,12-13H,1H3,(H,14,15). The third-order valence-electron chi connectivity index (χ3n) is 2.00. The molecule has 1 rings (SSSR count). The van der Waals surface area contributed by atoms with Crippen molar-refractivity contribution in [2.24, 2.45) is 0 Å². The van der Waals surface area contributed by atoms with E-state index in [0.717, 1.165) is 0 Å². The third kappa shape index (κ3) is 3.11. The van der Waals surface area contributed by atoms with Crippen LogP contribution in [-0.2, 0) is 0 Å². The number of aliphatic hydroxyl groups is 1. The maximum absolute atomic E-state index is 10.5. The molecule has 1 aromatic rings. The van der Waals surface area contributed by atoms with Crippen LogP contribution in [0, 0.1) is 0 Å². The van der Waals surface area contributed by atoms with E-state index in [9.17, 15) is 9.90 Å². The molecule has 0 spiro atoms. The SMILES string of the molecule is CC(O)C(NC(=O)O)c1ccccc1Cl. The first kappa shape index (κ1) is 11.8. The Morgan fingerprint density at radius 3 is 2.53 bits per heavy atom. The second-order valence-electron chi connectivity index (χ2n) is 3.19. The zero-order valence-electron chi connectivity index (χ0n) is 8.14. The van der Waals surface area contributed by atoms with Crippen molar-refractivity contribution in [3.05, 3.63) is 34.9 Å². The largest absolute Gasteiger partial charge is 0.465 e. The highest BCUT2D eigenvalue weighted by molar-refractivity contribution is 6.31. The lowest BCUT2D eigenvalue weighted by atomic mass is 10.0. The number of halogens is 1. The van der Waals surface area contributed by atoms with Crippen LogP contribution >= 0.6 is 11.6 Å². The van der Waals surface area contributed by atoms with Crippen molar-refractivity contribution in [2.75, 3.05) is 0 Å². The molecule has 82 valence electrons. The van der Waals surface area contributed by atoms with Crippen molar-refractivity contribution in [1.82, 2.24) is 5.32 Å². The van der Waals surface area contributed by atoms with E-state index in [1.165, 1.54) is 6.92 Å². The van der Waals surface area contributed by atoms with Gasteiger partial charge in [0.1, 0.15) is 0 Å². The topological polar surface area (TPSA) is 69.6 Å². The molecule has 0 aliphatic rings. The molecule has 4 nitrogen and oxygen atoms in total. The Morgan fingerprint density at radius 2 is 2.07 bits per heavy atom. The van der Waals surface area contributed by atoms with E-state index in [4.69, 9.17) is 16.7 Å². The van der Waals surface area contributed by atoms with E-state index in [2.05, 4.69) is 5.32 Å². The fourth-order valence-corrected chi connectivity index (χ4v) is 1.57. The summed E-state index contributed by atoms with van der Waals surface area (Å²) in [5, 5.41) is 20.7. The van der Waals surface area contributed by atoms with Gasteiger partial charge in [0.25, 0.3) is 0 Å². The first-order chi connectivity index (χ1) is 7.02. The molecule has 0 aliphatic carbocycles. The summed E-state index contributed by atoms with van der Waals surface area (Å²) in [4.78, 5) is 10.5. The summed E-state index contributed by atoms with van der Waals surface area (Å²) in [6.45, 7) is 1.50. The van der Waals surface area contributed by atoms with Gasteiger partial charge in [-0.15, -0.1) is 0 Å². The van der Waals surface area contributed by atoms with Crippen molar-refractivity contribution in [1.29, 1.82) is 0 Å². The summed E-state index contributed by atoms with van der Waals surface area (Å²) < 4.78 is 0. The molecule has 0 aliphatic heterocycles. The molecule has 0 fully saturated rings. The van der Waals surface area contributed by atoms with Gasteiger partial charge in [-0.2, -0.15) is 0 Å². The highest BCUT2D eigenvalue weighted by Crippen LogP contribution is 2.24. The second kappa shape index (κ2) is 5.00. The lowest BCUT2D eigenvalue weighted by molar-refractivity contribution is 0.133. The average Bonchev–Trinajstić information content (AvgIpc) is 2.15. The van der Waals surface area contributed by atoms with Gasteiger partial charge in [-0.3, -0.25) is 0 Å². The lowest BCUT2D eigenvalue weighted by Gasteiger charge is -2.21. The molecule has 2 unspecified atom stereocenters. The van der Waals surface area contributed by atoms with Gasteiger partial charge in [-0.05, 0) is 18.6 Å². The van der Waals surface area contributed by atoms with E-state index < -0.39 is 18.2 Å². The highest BCUT2D eigenvalue weighted by atomic mass is 35.5. The molecule has 5 heteroatoms. The maximum Gasteiger partial charge on any atom is 0.405 e. The van der Waals surface area contributed by atoms with Gasteiger partial charge in [-0.25, -0.2) is 4.79 Å². The van der Waals surface area contributed by atoms with E-state index in [0.29, 0.717) is 10.6 Å². The number of benzene rings is 1. The molecule has 2 atom stereocenters. The highest BCUT2D eigenvalue weighted by Gasteiger charge is 2.21. The van der Waals surface area contributed by atoms with Crippen molar-refractivity contribution in [3.63, 3.8) is 0 Å². The normalized spacial score (nSPS) is 14.3. The molecule has 0 aromatic heterocycles. The van der Waals surface area contributed by atoms with Crippen LogP contribution < -0.4 is 5.32 Å². The van der Waals surface area contributed by atoms with Crippen molar-refractivity contribution >= 4 is 17.7 Å². The fraction of sp³-hybridized carbons (Fsp3) is 0.300. The first-order valence-corrected chi connectivity index (χ1v) is 4.82. The van der Waals surface area contributed by atoms with Crippen LogP contribution in [-0.4, -0.2) is 22.4 Å². The molecule has 15 heavy (non-hydrogen) atoms. The zero-order valence-corrected chi connectivity index (χ0v) is 8.90. The maximum atomic E-state index is 10.5. The van der Waals surface area contributed by atoms with Crippen LogP contribution in [0.25, 0.3) is 0 Å². The Balaban J connectivity index is 2.99. The molecule has 3 N–H and O–H groups in total. The molecule has 0 heterocycles. The number of nitrogens with one attached hydrogen (secondary N) is 1. The van der Waals surface area contributed by atoms with Gasteiger partial charge in [0.15, 0.2) is 0 Å². The number of hydrogen-bond acceptors (Lipinski definition) is 2. The molecular weight excluding hydrogens is 218 g/mol. The molecular formula is C10H12ClNO3. The first-order valence-electron chi connectivity index (χ1n) is 4.44. The lowest BCUT2D eigenvalue weighted by Crippen LogP contribution is -2.34. The van der Waals surface area contributed by atoms with Gasteiger partial charge in [0.2, 0.25) is 0 Å². The van der Waals surface area contributed by atoms with Crippen LogP contribution in [0.1, 0.15) is 18.5 Å². The predicted molar refractivity (Wildman–Crippen MR) is 57.0 cm³/mol. The van der Waals surface area contributed by atoms with Crippen LogP contribution in [0.3, 0.4) is 0 Å². The van der Waals surface area contributed by atoms with Crippen LogP contribution in [0.15, 0.2) is 24.3 Å². The van der Waals surface area contributed by atoms with Crippen molar-refractivity contribution < 1.29 is 15.0 Å². The Bertz CT molecular complexity index is 354. The van der Waals surface area contributed by atoms with Gasteiger partial charge in [-0.1, -0.05) is 29.8 Å². The Labute approximate surface area is 92.5 Å². The van der Waals surface area contributed by atoms with Gasteiger partial charge < -0.3 is 15.5 Å². The van der Waals surface area contributed by atoms with Crippen LogP contribution in [0.5, 0.6) is 0 Å². The summed E-state index contributed by atoms with van der Waals surface area (Å²) in [5.74, 6) is 0. The summed E-state index contributed by atoms with van der Waals surface area (Å²) in [6.07, 6.45) is -2.04. The monoisotopic (exact) mass is 229 g/mol. The molecule has 1 aromatic carbocycles. The zero-order chi connectivity index (χ0) is 11.4. The summed E-state index contributed by atoms with van der Waals surface area (Å²) in [6, 6.07) is 6.09. The third-order valence-corrected chi connectivity index (χ3v) is 2.35. The van der Waals surface area contributed by atoms with E-state index in [1.54, 1.807) is 24.3 Å². The Morgan fingerprint density at radius 1 is 1.47 bits per heavy atom. The average molecular weight is 230 g/mol. The summed E-state index contributed by atoms with van der Waals surface area (Å²) in [5.41, 5.74) is 0.566. The van der Waals surface area contributed by atoms with E-state index >= 15 is 0 Å². The van der Waals surface area contributed by atoms with Gasteiger partial charge in [0, 0.05) is 5.02 Å². The van der Waals surface area contributed by atoms with Crippen LogP contribution in [0.4, 0.5) is 4.79 Å². The Kier molecular flexibility index (Phi) is 3.94. The molecule has 0 saturated carbocycles. The van der Waals surface area contributed by atoms with E-state index in [-0.39, 0.29) is 0 Å². The number of carbonyl (C=O) groups is 1. The molecule has 0 bridgehead atoms. The summed E-state index contributed by atoms with van der Waals surface area (Å²) in [7, 11) is 0. The number of aliphatic hydroxyl groups excluding tert-OH is 1. The molecule has 1 amide bonds. The number of rotatable bonds is 3. The van der Waals surface area contributed by atoms with E-state index in [1.807, 2.05) is 0 Å². The van der Waals surface area contributed by atoms with Crippen LogP contribution in [0.2, 0.25) is 5.02 Å². The summed E-state index contributed by atoms with van der Waals surface area (Å²) >= 11 is 5.90. The predicted octanol–water partition coefficient (Wildman–Crippen LogP) is 2.03. The minimum absolute atomic E-state index is 0.428. The van der Waals surface area contributed by atoms with Gasteiger partial charge in [0.05, 0.1) is 12.1 Å². The second-order valence-corrected chi connectivity index (χ2v) is 3.60. The number of amides is 1.